The molecule has 0 heterocycles. The molecule has 0 radical (unpaired) electrons. The van der Waals surface area contributed by atoms with E-state index in [0.29, 0.717) is 6.42 Å². The summed E-state index contributed by atoms with van der Waals surface area (Å²) < 4.78 is 5.32. The van der Waals surface area contributed by atoms with E-state index >= 15 is 0 Å². The third-order valence-electron chi connectivity index (χ3n) is 2.65. The fourth-order valence-corrected chi connectivity index (χ4v) is 1.70. The number of carbonyl (C=O) groups is 1. The predicted molar refractivity (Wildman–Crippen MR) is 73.5 cm³/mol. The highest BCUT2D eigenvalue weighted by atomic mass is 16.5. The zero-order valence-electron chi connectivity index (χ0n) is 11.3. The van der Waals surface area contributed by atoms with Crippen LogP contribution in [0.15, 0.2) is 30.3 Å². The molecule has 3 heteroatoms. The molecule has 0 saturated heterocycles. The summed E-state index contributed by atoms with van der Waals surface area (Å²) in [6.07, 6.45) is 2.23. The van der Waals surface area contributed by atoms with Crippen LogP contribution in [-0.2, 0) is 16.0 Å². The van der Waals surface area contributed by atoms with Crippen LogP contribution < -0.4 is 5.32 Å². The summed E-state index contributed by atoms with van der Waals surface area (Å²) in [6, 6.07) is 10.00. The van der Waals surface area contributed by atoms with Crippen LogP contribution in [0.1, 0.15) is 32.3 Å². The summed E-state index contributed by atoms with van der Waals surface area (Å²) in [5.41, 5.74) is 1.17. The molecule has 1 aromatic carbocycles. The van der Waals surface area contributed by atoms with Gasteiger partial charge < -0.3 is 10.1 Å². The van der Waals surface area contributed by atoms with E-state index in [9.17, 15) is 4.79 Å². The SMILES string of the molecule is CCCNCC(C)OC(=O)CCc1ccccc1. The first-order valence-corrected chi connectivity index (χ1v) is 6.66. The Labute approximate surface area is 110 Å². The Hall–Kier alpha value is -1.35. The van der Waals surface area contributed by atoms with E-state index in [1.54, 1.807) is 0 Å². The van der Waals surface area contributed by atoms with Crippen LogP contribution in [0, 0.1) is 0 Å². The van der Waals surface area contributed by atoms with Crippen molar-refractivity contribution in [3.63, 3.8) is 0 Å². The number of carbonyl (C=O) groups excluding carboxylic acids is 1. The van der Waals surface area contributed by atoms with E-state index in [1.807, 2.05) is 37.3 Å². The second kappa shape index (κ2) is 8.70. The molecule has 1 N–H and O–H groups in total. The molecule has 1 rings (SSSR count). The van der Waals surface area contributed by atoms with Crippen molar-refractivity contribution in [2.45, 2.75) is 39.2 Å². The summed E-state index contributed by atoms with van der Waals surface area (Å²) >= 11 is 0. The molecule has 0 aliphatic heterocycles. The van der Waals surface area contributed by atoms with Crippen LogP contribution in [-0.4, -0.2) is 25.2 Å². The van der Waals surface area contributed by atoms with Crippen LogP contribution in [0.5, 0.6) is 0 Å². The Balaban J connectivity index is 2.17. The van der Waals surface area contributed by atoms with E-state index in [0.717, 1.165) is 25.9 Å². The molecule has 1 atom stereocenters. The lowest BCUT2D eigenvalue weighted by atomic mass is 10.1. The van der Waals surface area contributed by atoms with Crippen molar-refractivity contribution in [1.82, 2.24) is 5.32 Å². The van der Waals surface area contributed by atoms with Gasteiger partial charge in [0.05, 0.1) is 0 Å². The van der Waals surface area contributed by atoms with E-state index in [1.165, 1.54) is 5.56 Å². The van der Waals surface area contributed by atoms with Gasteiger partial charge in [-0.15, -0.1) is 0 Å². The second-order valence-corrected chi connectivity index (χ2v) is 4.49. The van der Waals surface area contributed by atoms with Crippen molar-refractivity contribution in [2.75, 3.05) is 13.1 Å². The van der Waals surface area contributed by atoms with Gasteiger partial charge in [0.15, 0.2) is 0 Å². The number of benzene rings is 1. The van der Waals surface area contributed by atoms with Crippen LogP contribution in [0.25, 0.3) is 0 Å². The minimum Gasteiger partial charge on any atom is -0.461 e. The molecule has 0 fully saturated rings. The van der Waals surface area contributed by atoms with Gasteiger partial charge in [-0.05, 0) is 31.9 Å². The maximum atomic E-state index is 11.6. The quantitative estimate of drug-likeness (QED) is 0.568. The zero-order valence-corrected chi connectivity index (χ0v) is 11.3. The normalized spacial score (nSPS) is 12.1. The number of hydrogen-bond acceptors (Lipinski definition) is 3. The zero-order chi connectivity index (χ0) is 13.2. The van der Waals surface area contributed by atoms with Crippen molar-refractivity contribution >= 4 is 5.97 Å². The van der Waals surface area contributed by atoms with Crippen molar-refractivity contribution in [2.24, 2.45) is 0 Å². The summed E-state index contributed by atoms with van der Waals surface area (Å²) in [6.45, 7) is 5.73. The molecule has 18 heavy (non-hydrogen) atoms. The predicted octanol–water partition coefficient (Wildman–Crippen LogP) is 2.55. The molecule has 0 aliphatic carbocycles. The Morgan fingerprint density at radius 2 is 2.06 bits per heavy atom. The smallest absolute Gasteiger partial charge is 0.306 e. The summed E-state index contributed by atoms with van der Waals surface area (Å²) in [5, 5.41) is 3.24. The standard InChI is InChI=1S/C15H23NO2/c1-3-11-16-12-13(2)18-15(17)10-9-14-7-5-4-6-8-14/h4-8,13,16H,3,9-12H2,1-2H3. The number of aryl methyl sites for hydroxylation is 1. The number of ether oxygens (including phenoxy) is 1. The first-order chi connectivity index (χ1) is 8.72. The topological polar surface area (TPSA) is 38.3 Å². The monoisotopic (exact) mass is 249 g/mol. The van der Waals surface area contributed by atoms with E-state index in [4.69, 9.17) is 4.74 Å². The van der Waals surface area contributed by atoms with Crippen LogP contribution in [0.4, 0.5) is 0 Å². The average molecular weight is 249 g/mol. The summed E-state index contributed by atoms with van der Waals surface area (Å²) in [5.74, 6) is -0.121. The Bertz CT molecular complexity index is 338. The first kappa shape index (κ1) is 14.7. The Morgan fingerprint density at radius 3 is 2.72 bits per heavy atom. The third-order valence-corrected chi connectivity index (χ3v) is 2.65. The highest BCUT2D eigenvalue weighted by Gasteiger charge is 2.08. The maximum Gasteiger partial charge on any atom is 0.306 e. The highest BCUT2D eigenvalue weighted by Crippen LogP contribution is 2.04. The molecule has 0 amide bonds. The van der Waals surface area contributed by atoms with Crippen LogP contribution >= 0.6 is 0 Å². The number of nitrogens with one attached hydrogen (secondary N) is 1. The van der Waals surface area contributed by atoms with E-state index in [2.05, 4.69) is 12.2 Å². The van der Waals surface area contributed by atoms with Gasteiger partial charge >= 0.3 is 5.97 Å². The number of hydrogen-bond donors (Lipinski definition) is 1. The number of rotatable bonds is 8. The molecule has 1 unspecified atom stereocenters. The molecule has 3 nitrogen and oxygen atoms in total. The van der Waals surface area contributed by atoms with E-state index < -0.39 is 0 Å². The van der Waals surface area contributed by atoms with Crippen LogP contribution in [0.2, 0.25) is 0 Å². The van der Waals surface area contributed by atoms with Gasteiger partial charge in [0.25, 0.3) is 0 Å². The van der Waals surface area contributed by atoms with Crippen molar-refractivity contribution in [3.8, 4) is 0 Å². The lowest BCUT2D eigenvalue weighted by molar-refractivity contribution is -0.147. The molecular weight excluding hydrogens is 226 g/mol. The Morgan fingerprint density at radius 1 is 1.33 bits per heavy atom. The lowest BCUT2D eigenvalue weighted by Gasteiger charge is -2.13. The van der Waals surface area contributed by atoms with Gasteiger partial charge in [0.2, 0.25) is 0 Å². The van der Waals surface area contributed by atoms with Gasteiger partial charge in [-0.3, -0.25) is 4.79 Å². The molecule has 0 aromatic heterocycles. The molecule has 0 saturated carbocycles. The molecule has 0 bridgehead atoms. The molecule has 0 aliphatic rings. The van der Waals surface area contributed by atoms with Crippen LogP contribution in [0.3, 0.4) is 0 Å². The molecule has 100 valence electrons. The van der Waals surface area contributed by atoms with Gasteiger partial charge in [-0.1, -0.05) is 37.3 Å². The third kappa shape index (κ3) is 6.40. The Kier molecular flexibility index (Phi) is 7.11. The largest absolute Gasteiger partial charge is 0.461 e. The minimum atomic E-state index is -0.121. The van der Waals surface area contributed by atoms with Gasteiger partial charge in [0.1, 0.15) is 6.10 Å². The maximum absolute atomic E-state index is 11.6. The fourth-order valence-electron chi connectivity index (χ4n) is 1.70. The van der Waals surface area contributed by atoms with E-state index in [-0.39, 0.29) is 12.1 Å². The molecular formula is C15H23NO2. The minimum absolute atomic E-state index is 0.0557. The van der Waals surface area contributed by atoms with Gasteiger partial charge in [0, 0.05) is 13.0 Å². The highest BCUT2D eigenvalue weighted by molar-refractivity contribution is 5.69. The summed E-state index contributed by atoms with van der Waals surface area (Å²) in [4.78, 5) is 11.6. The lowest BCUT2D eigenvalue weighted by Crippen LogP contribution is -2.29. The second-order valence-electron chi connectivity index (χ2n) is 4.49. The summed E-state index contributed by atoms with van der Waals surface area (Å²) in [7, 11) is 0. The fraction of sp³-hybridized carbons (Fsp3) is 0.533. The first-order valence-electron chi connectivity index (χ1n) is 6.66. The molecule has 0 spiro atoms. The number of esters is 1. The van der Waals surface area contributed by atoms with Gasteiger partial charge in [-0.2, -0.15) is 0 Å². The van der Waals surface area contributed by atoms with Crippen molar-refractivity contribution in [1.29, 1.82) is 0 Å². The van der Waals surface area contributed by atoms with Gasteiger partial charge in [-0.25, -0.2) is 0 Å². The van der Waals surface area contributed by atoms with Crippen molar-refractivity contribution in [3.05, 3.63) is 35.9 Å². The average Bonchev–Trinajstić information content (AvgIpc) is 2.38. The molecule has 1 aromatic rings. The van der Waals surface area contributed by atoms with Crippen molar-refractivity contribution < 1.29 is 9.53 Å².